The Morgan fingerprint density at radius 3 is 2.49 bits per heavy atom. The topological polar surface area (TPSA) is 80.5 Å². The maximum atomic E-state index is 15.0. The molecule has 2 aromatic carbocycles. The molecule has 0 unspecified atom stereocenters. The highest BCUT2D eigenvalue weighted by atomic mass is 19.4. The van der Waals surface area contributed by atoms with Crippen molar-refractivity contribution in [2.75, 3.05) is 43.4 Å². The summed E-state index contributed by atoms with van der Waals surface area (Å²) >= 11 is 0. The van der Waals surface area contributed by atoms with Crippen LogP contribution >= 0.6 is 0 Å². The van der Waals surface area contributed by atoms with Crippen molar-refractivity contribution in [1.82, 2.24) is 15.2 Å². The van der Waals surface area contributed by atoms with E-state index in [9.17, 15) is 27.2 Å². The second kappa shape index (κ2) is 10.8. The third-order valence-electron chi connectivity index (χ3n) is 7.08. The number of halogens is 4. The third-order valence-corrected chi connectivity index (χ3v) is 7.08. The fourth-order valence-electron chi connectivity index (χ4n) is 4.66. The first-order valence-corrected chi connectivity index (χ1v) is 12.8. The van der Waals surface area contributed by atoms with Crippen molar-refractivity contribution in [2.24, 2.45) is 0 Å². The Morgan fingerprint density at radius 2 is 1.79 bits per heavy atom. The number of hydrogen-bond donors (Lipinski definition) is 3. The van der Waals surface area contributed by atoms with Crippen LogP contribution < -0.4 is 21.1 Å². The molecule has 3 N–H and O–H groups in total. The summed E-state index contributed by atoms with van der Waals surface area (Å²) in [5, 5.41) is 6.01. The fraction of sp³-hybridized carbons (Fsp3) is 0.357. The van der Waals surface area contributed by atoms with Gasteiger partial charge in [-0.2, -0.15) is 13.2 Å². The van der Waals surface area contributed by atoms with Crippen LogP contribution in [0, 0.1) is 5.82 Å². The van der Waals surface area contributed by atoms with Gasteiger partial charge in [-0.05, 0) is 55.3 Å². The van der Waals surface area contributed by atoms with Gasteiger partial charge in [0, 0.05) is 56.6 Å². The smallest absolute Gasteiger partial charge is 0.367 e. The van der Waals surface area contributed by atoms with Gasteiger partial charge >= 0.3 is 6.18 Å². The molecule has 2 fully saturated rings. The van der Waals surface area contributed by atoms with Crippen molar-refractivity contribution < 1.29 is 22.4 Å². The number of benzene rings is 2. The first kappa shape index (κ1) is 26.9. The van der Waals surface area contributed by atoms with E-state index in [0.29, 0.717) is 48.6 Å². The first-order valence-electron chi connectivity index (χ1n) is 12.8. The summed E-state index contributed by atoms with van der Waals surface area (Å²) in [4.78, 5) is 31.1. The average molecular weight is 544 g/mol. The van der Waals surface area contributed by atoms with E-state index in [2.05, 4.69) is 20.5 Å². The van der Waals surface area contributed by atoms with Crippen LogP contribution in [0.5, 0.6) is 0 Å². The number of H-pyrrole nitrogens is 1. The van der Waals surface area contributed by atoms with E-state index in [1.54, 1.807) is 30.3 Å². The molecule has 1 saturated carbocycles. The Kier molecular flexibility index (Phi) is 7.46. The van der Waals surface area contributed by atoms with Gasteiger partial charge in [-0.1, -0.05) is 12.1 Å². The molecule has 3 aromatic rings. The summed E-state index contributed by atoms with van der Waals surface area (Å²) in [5.41, 5.74) is -0.441. The lowest BCUT2D eigenvalue weighted by atomic mass is 10.00. The monoisotopic (exact) mass is 543 g/mol. The van der Waals surface area contributed by atoms with E-state index < -0.39 is 34.6 Å². The van der Waals surface area contributed by atoms with Crippen LogP contribution in [0.15, 0.2) is 53.5 Å². The highest BCUT2D eigenvalue weighted by molar-refractivity contribution is 6.07. The van der Waals surface area contributed by atoms with E-state index in [1.165, 1.54) is 6.07 Å². The van der Waals surface area contributed by atoms with Crippen molar-refractivity contribution >= 4 is 17.3 Å². The molecular formula is C28H29F4N5O2. The second-order valence-corrected chi connectivity index (χ2v) is 10.1. The molecule has 0 atom stereocenters. The standard InChI is InChI=1S/C28H29F4N5O2/c1-36-8-10-37(11-9-36)25-7-3-18(20-12-17(2-6-23(20)29)15-33-19-4-5-19)13-24(25)35-27(39)21-16-34-26(38)14-22(21)28(30,31)32/h2-3,6-7,12-14,16,19,33H,4-5,8-11,15H2,1H3,(H,34,38)(H,35,39). The molecule has 206 valence electrons. The van der Waals surface area contributed by atoms with Gasteiger partial charge in [0.05, 0.1) is 22.5 Å². The van der Waals surface area contributed by atoms with Crippen LogP contribution in [0.25, 0.3) is 11.1 Å². The molecular weight excluding hydrogens is 514 g/mol. The minimum Gasteiger partial charge on any atom is -0.367 e. The lowest BCUT2D eigenvalue weighted by molar-refractivity contribution is -0.138. The summed E-state index contributed by atoms with van der Waals surface area (Å²) in [7, 11) is 1.99. The predicted molar refractivity (Wildman–Crippen MR) is 141 cm³/mol. The summed E-state index contributed by atoms with van der Waals surface area (Å²) in [6.07, 6.45) is -1.90. The molecule has 5 rings (SSSR count). The molecule has 0 radical (unpaired) electrons. The van der Waals surface area contributed by atoms with Crippen molar-refractivity contribution in [1.29, 1.82) is 0 Å². The van der Waals surface area contributed by atoms with Gasteiger partial charge in [0.1, 0.15) is 5.82 Å². The van der Waals surface area contributed by atoms with Gasteiger partial charge < -0.3 is 25.4 Å². The SMILES string of the molecule is CN1CCN(c2ccc(-c3cc(CNC4CC4)ccc3F)cc2NC(=O)c2c[nH]c(=O)cc2C(F)(F)F)CC1. The minimum atomic E-state index is -4.90. The Labute approximate surface area is 222 Å². The van der Waals surface area contributed by atoms with Gasteiger partial charge in [-0.25, -0.2) is 4.39 Å². The molecule has 0 spiro atoms. The predicted octanol–water partition coefficient (Wildman–Crippen LogP) is 4.46. The van der Waals surface area contributed by atoms with Crippen molar-refractivity contribution in [2.45, 2.75) is 31.6 Å². The van der Waals surface area contributed by atoms with Gasteiger partial charge in [-0.15, -0.1) is 0 Å². The average Bonchev–Trinajstić information content (AvgIpc) is 3.73. The largest absolute Gasteiger partial charge is 0.417 e. The van der Waals surface area contributed by atoms with Crippen LogP contribution in [-0.4, -0.2) is 55.1 Å². The highest BCUT2D eigenvalue weighted by Gasteiger charge is 2.36. The van der Waals surface area contributed by atoms with Gasteiger partial charge in [-0.3, -0.25) is 9.59 Å². The molecule has 1 aliphatic heterocycles. The van der Waals surface area contributed by atoms with E-state index in [0.717, 1.165) is 37.7 Å². The normalized spacial score (nSPS) is 16.4. The number of hydrogen-bond acceptors (Lipinski definition) is 5. The number of likely N-dealkylation sites (N-methyl/N-ethyl adjacent to an activating group) is 1. The number of carbonyl (C=O) groups is 1. The number of anilines is 2. The van der Waals surface area contributed by atoms with E-state index in [1.807, 2.05) is 11.9 Å². The third kappa shape index (κ3) is 6.31. The summed E-state index contributed by atoms with van der Waals surface area (Å²) < 4.78 is 55.8. The summed E-state index contributed by atoms with van der Waals surface area (Å²) in [5.74, 6) is -1.48. The van der Waals surface area contributed by atoms with E-state index in [4.69, 9.17) is 0 Å². The Balaban J connectivity index is 1.51. The molecule has 1 aliphatic carbocycles. The zero-order valence-electron chi connectivity index (χ0n) is 21.4. The van der Waals surface area contributed by atoms with Crippen LogP contribution in [0.2, 0.25) is 0 Å². The zero-order chi connectivity index (χ0) is 27.7. The number of rotatable bonds is 7. The molecule has 1 aromatic heterocycles. The number of amides is 1. The molecule has 2 heterocycles. The number of nitrogens with one attached hydrogen (secondary N) is 3. The quantitative estimate of drug-likeness (QED) is 0.384. The number of carbonyl (C=O) groups excluding carboxylic acids is 1. The van der Waals surface area contributed by atoms with Crippen LogP contribution in [0.1, 0.15) is 34.3 Å². The molecule has 2 aliphatic rings. The van der Waals surface area contributed by atoms with Gasteiger partial charge in [0.15, 0.2) is 0 Å². The maximum Gasteiger partial charge on any atom is 0.417 e. The van der Waals surface area contributed by atoms with Crippen LogP contribution in [0.3, 0.4) is 0 Å². The van der Waals surface area contributed by atoms with Crippen molar-refractivity contribution in [3.8, 4) is 11.1 Å². The van der Waals surface area contributed by atoms with E-state index in [-0.39, 0.29) is 5.69 Å². The first-order chi connectivity index (χ1) is 18.6. The molecule has 7 nitrogen and oxygen atoms in total. The lowest BCUT2D eigenvalue weighted by Crippen LogP contribution is -2.44. The van der Waals surface area contributed by atoms with Gasteiger partial charge in [0.25, 0.3) is 5.91 Å². The molecule has 11 heteroatoms. The fourth-order valence-corrected chi connectivity index (χ4v) is 4.66. The molecule has 39 heavy (non-hydrogen) atoms. The maximum absolute atomic E-state index is 15.0. The molecule has 1 saturated heterocycles. The number of nitrogens with zero attached hydrogens (tertiary/aromatic N) is 2. The lowest BCUT2D eigenvalue weighted by Gasteiger charge is -2.35. The highest BCUT2D eigenvalue weighted by Crippen LogP contribution is 2.36. The zero-order valence-corrected chi connectivity index (χ0v) is 21.4. The summed E-state index contributed by atoms with van der Waals surface area (Å²) in [6.45, 7) is 3.40. The minimum absolute atomic E-state index is 0.252. The molecule has 1 amide bonds. The van der Waals surface area contributed by atoms with Crippen molar-refractivity contribution in [3.63, 3.8) is 0 Å². The van der Waals surface area contributed by atoms with Gasteiger partial charge in [0.2, 0.25) is 5.56 Å². The number of pyridine rings is 1. The second-order valence-electron chi connectivity index (χ2n) is 10.1. The Hall–Kier alpha value is -3.70. The van der Waals surface area contributed by atoms with Crippen LogP contribution in [0.4, 0.5) is 28.9 Å². The Bertz CT molecular complexity index is 1430. The number of alkyl halides is 3. The molecule has 0 bridgehead atoms. The number of aromatic nitrogens is 1. The number of piperazine rings is 1. The van der Waals surface area contributed by atoms with Crippen molar-refractivity contribution in [3.05, 3.63) is 81.5 Å². The Morgan fingerprint density at radius 1 is 1.05 bits per heavy atom. The van der Waals surface area contributed by atoms with E-state index >= 15 is 0 Å². The number of aromatic amines is 1. The summed E-state index contributed by atoms with van der Waals surface area (Å²) in [6, 6.07) is 10.8. The van der Waals surface area contributed by atoms with Crippen LogP contribution in [-0.2, 0) is 12.7 Å².